The van der Waals surface area contributed by atoms with E-state index in [0.29, 0.717) is 5.56 Å². The molecule has 0 atom stereocenters. The summed E-state index contributed by atoms with van der Waals surface area (Å²) in [5.41, 5.74) is 3.68. The van der Waals surface area contributed by atoms with Gasteiger partial charge in [-0.2, -0.15) is 0 Å². The Bertz CT molecular complexity index is 248. The maximum Gasteiger partial charge on any atom is 0.120 e. The molecule has 0 bridgehead atoms. The molecule has 0 saturated carbocycles. The zero-order chi connectivity index (χ0) is 8.27. The normalized spacial score (nSPS) is 10.0. The Morgan fingerprint density at radius 3 is 2.73 bits per heavy atom. The quantitative estimate of drug-likeness (QED) is 0.559. The van der Waals surface area contributed by atoms with E-state index in [4.69, 9.17) is 5.21 Å². The fourth-order valence-electron chi connectivity index (χ4n) is 0.909. The van der Waals surface area contributed by atoms with Gasteiger partial charge in [-0.05, 0) is 18.6 Å². The molecule has 0 saturated heterocycles. The number of phenolic OH excluding ortho intramolecular Hbond substituents is 1. The van der Waals surface area contributed by atoms with Crippen molar-refractivity contribution < 1.29 is 10.3 Å². The van der Waals surface area contributed by atoms with Crippen molar-refractivity contribution in [2.24, 2.45) is 0 Å². The van der Waals surface area contributed by atoms with E-state index in [1.165, 1.54) is 0 Å². The van der Waals surface area contributed by atoms with Crippen molar-refractivity contribution in [1.82, 2.24) is 5.48 Å². The molecule has 0 aliphatic rings. The van der Waals surface area contributed by atoms with Crippen molar-refractivity contribution in [2.75, 3.05) is 0 Å². The van der Waals surface area contributed by atoms with Crippen LogP contribution in [0.1, 0.15) is 11.1 Å². The van der Waals surface area contributed by atoms with Gasteiger partial charge in [0.05, 0.1) is 0 Å². The monoisotopic (exact) mass is 153 g/mol. The summed E-state index contributed by atoms with van der Waals surface area (Å²) in [5.74, 6) is 0.214. The minimum atomic E-state index is 0.214. The standard InChI is InChI=1S/C8H11NO2/c1-6-2-3-7(5-9-11)8(10)4-6/h2-4,9-11H,5H2,1H3. The van der Waals surface area contributed by atoms with Gasteiger partial charge in [-0.25, -0.2) is 5.48 Å². The highest BCUT2D eigenvalue weighted by molar-refractivity contribution is 5.35. The lowest BCUT2D eigenvalue weighted by Crippen LogP contribution is -2.05. The summed E-state index contributed by atoms with van der Waals surface area (Å²) in [6.07, 6.45) is 0. The van der Waals surface area contributed by atoms with Crippen LogP contribution in [0.15, 0.2) is 18.2 Å². The number of hydroxylamine groups is 1. The third-order valence-electron chi connectivity index (χ3n) is 1.51. The lowest BCUT2D eigenvalue weighted by atomic mass is 10.1. The molecule has 3 N–H and O–H groups in total. The van der Waals surface area contributed by atoms with E-state index >= 15 is 0 Å². The van der Waals surface area contributed by atoms with Gasteiger partial charge in [-0.15, -0.1) is 0 Å². The van der Waals surface area contributed by atoms with Crippen LogP contribution >= 0.6 is 0 Å². The Balaban J connectivity index is 2.90. The molecule has 0 unspecified atom stereocenters. The first kappa shape index (κ1) is 8.04. The van der Waals surface area contributed by atoms with Gasteiger partial charge >= 0.3 is 0 Å². The van der Waals surface area contributed by atoms with Gasteiger partial charge in [0.25, 0.3) is 0 Å². The lowest BCUT2D eigenvalue weighted by Gasteiger charge is -2.02. The van der Waals surface area contributed by atoms with Gasteiger partial charge in [0, 0.05) is 12.1 Å². The molecule has 0 aliphatic carbocycles. The second kappa shape index (κ2) is 3.37. The first-order chi connectivity index (χ1) is 5.24. The topological polar surface area (TPSA) is 52.5 Å². The fourth-order valence-corrected chi connectivity index (χ4v) is 0.909. The van der Waals surface area contributed by atoms with E-state index in [0.717, 1.165) is 5.56 Å². The van der Waals surface area contributed by atoms with Crippen LogP contribution in [0.4, 0.5) is 0 Å². The summed E-state index contributed by atoms with van der Waals surface area (Å²) in [6.45, 7) is 2.17. The van der Waals surface area contributed by atoms with Crippen molar-refractivity contribution in [1.29, 1.82) is 0 Å². The second-order valence-electron chi connectivity index (χ2n) is 2.47. The first-order valence-electron chi connectivity index (χ1n) is 3.39. The summed E-state index contributed by atoms with van der Waals surface area (Å²) in [6, 6.07) is 5.31. The highest BCUT2D eigenvalue weighted by Gasteiger charge is 1.98. The minimum Gasteiger partial charge on any atom is -0.508 e. The van der Waals surface area contributed by atoms with Crippen LogP contribution in [-0.4, -0.2) is 10.3 Å². The number of aromatic hydroxyl groups is 1. The van der Waals surface area contributed by atoms with Crippen molar-refractivity contribution >= 4 is 0 Å². The molecule has 1 rings (SSSR count). The van der Waals surface area contributed by atoms with E-state index in [1.807, 2.05) is 18.5 Å². The van der Waals surface area contributed by atoms with Crippen LogP contribution in [0.3, 0.4) is 0 Å². The van der Waals surface area contributed by atoms with Gasteiger partial charge in [0.1, 0.15) is 5.75 Å². The summed E-state index contributed by atoms with van der Waals surface area (Å²) in [7, 11) is 0. The molecule has 3 heteroatoms. The molecule has 0 radical (unpaired) electrons. The molecule has 0 amide bonds. The molecule has 0 fully saturated rings. The summed E-state index contributed by atoms with van der Waals surface area (Å²) >= 11 is 0. The third kappa shape index (κ3) is 1.93. The van der Waals surface area contributed by atoms with E-state index in [9.17, 15) is 5.11 Å². The number of phenols is 1. The zero-order valence-electron chi connectivity index (χ0n) is 6.33. The number of hydrogen-bond acceptors (Lipinski definition) is 3. The lowest BCUT2D eigenvalue weighted by molar-refractivity contribution is 0.160. The Morgan fingerprint density at radius 1 is 1.45 bits per heavy atom. The van der Waals surface area contributed by atoms with Crippen LogP contribution in [-0.2, 0) is 6.54 Å². The van der Waals surface area contributed by atoms with Crippen LogP contribution in [0, 0.1) is 6.92 Å². The molecule has 0 aromatic heterocycles. The molecule has 0 heterocycles. The maximum absolute atomic E-state index is 9.27. The van der Waals surface area contributed by atoms with Gasteiger partial charge < -0.3 is 10.3 Å². The van der Waals surface area contributed by atoms with Crippen molar-refractivity contribution in [3.05, 3.63) is 29.3 Å². The maximum atomic E-state index is 9.27. The number of benzene rings is 1. The Hall–Kier alpha value is -1.06. The Morgan fingerprint density at radius 2 is 2.18 bits per heavy atom. The summed E-state index contributed by atoms with van der Waals surface area (Å²) in [5, 5.41) is 17.6. The predicted molar refractivity (Wildman–Crippen MR) is 41.5 cm³/mol. The first-order valence-corrected chi connectivity index (χ1v) is 3.39. The molecule has 1 aromatic rings. The van der Waals surface area contributed by atoms with E-state index in [-0.39, 0.29) is 12.3 Å². The Kier molecular flexibility index (Phi) is 2.46. The second-order valence-corrected chi connectivity index (χ2v) is 2.47. The van der Waals surface area contributed by atoms with Crippen LogP contribution in [0.2, 0.25) is 0 Å². The number of rotatable bonds is 2. The van der Waals surface area contributed by atoms with Crippen molar-refractivity contribution in [3.63, 3.8) is 0 Å². The predicted octanol–water partition coefficient (Wildman–Crippen LogP) is 1.18. The van der Waals surface area contributed by atoms with Crippen molar-refractivity contribution in [2.45, 2.75) is 13.5 Å². The molecule has 3 nitrogen and oxygen atoms in total. The summed E-state index contributed by atoms with van der Waals surface area (Å²) in [4.78, 5) is 0. The SMILES string of the molecule is Cc1ccc(CNO)c(O)c1. The summed E-state index contributed by atoms with van der Waals surface area (Å²) < 4.78 is 0. The van der Waals surface area contributed by atoms with Gasteiger partial charge in [-0.3, -0.25) is 0 Å². The van der Waals surface area contributed by atoms with Crippen LogP contribution in [0.5, 0.6) is 5.75 Å². The minimum absolute atomic E-state index is 0.214. The van der Waals surface area contributed by atoms with Gasteiger partial charge in [0.15, 0.2) is 0 Å². The van der Waals surface area contributed by atoms with Crippen LogP contribution in [0.25, 0.3) is 0 Å². The highest BCUT2D eigenvalue weighted by atomic mass is 16.5. The van der Waals surface area contributed by atoms with Gasteiger partial charge in [-0.1, -0.05) is 12.1 Å². The van der Waals surface area contributed by atoms with Crippen molar-refractivity contribution in [3.8, 4) is 5.75 Å². The molecule has 11 heavy (non-hydrogen) atoms. The fraction of sp³-hybridized carbons (Fsp3) is 0.250. The van der Waals surface area contributed by atoms with E-state index in [2.05, 4.69) is 0 Å². The van der Waals surface area contributed by atoms with Gasteiger partial charge in [0.2, 0.25) is 0 Å². The van der Waals surface area contributed by atoms with Crippen LogP contribution < -0.4 is 5.48 Å². The molecule has 1 aromatic carbocycles. The molecule has 0 aliphatic heterocycles. The van der Waals surface area contributed by atoms with E-state index in [1.54, 1.807) is 12.1 Å². The average molecular weight is 153 g/mol. The smallest absolute Gasteiger partial charge is 0.120 e. The molecule has 0 spiro atoms. The molecular weight excluding hydrogens is 142 g/mol. The number of hydrogen-bond donors (Lipinski definition) is 3. The number of aryl methyl sites for hydroxylation is 1. The Labute approximate surface area is 65.3 Å². The highest BCUT2D eigenvalue weighted by Crippen LogP contribution is 2.17. The zero-order valence-corrected chi connectivity index (χ0v) is 6.33. The third-order valence-corrected chi connectivity index (χ3v) is 1.51. The molecule has 60 valence electrons. The number of nitrogens with one attached hydrogen (secondary N) is 1. The average Bonchev–Trinajstić information content (AvgIpc) is 1.95. The van der Waals surface area contributed by atoms with E-state index < -0.39 is 0 Å². The largest absolute Gasteiger partial charge is 0.508 e. The molecular formula is C8H11NO2.